The number of carbonyl (C=O) groups is 1. The first kappa shape index (κ1) is 21.2. The molecule has 160 valence electrons. The second kappa shape index (κ2) is 9.40. The van der Waals surface area contributed by atoms with Gasteiger partial charge in [0.1, 0.15) is 23.7 Å². The molecule has 0 fully saturated rings. The number of aromatic nitrogens is 3. The van der Waals surface area contributed by atoms with E-state index in [4.69, 9.17) is 16.3 Å². The van der Waals surface area contributed by atoms with E-state index in [0.717, 1.165) is 0 Å². The predicted octanol–water partition coefficient (Wildman–Crippen LogP) is 5.22. The Morgan fingerprint density at radius 1 is 1.12 bits per heavy atom. The molecule has 0 aliphatic heterocycles. The minimum absolute atomic E-state index is 0.0114. The quantitative estimate of drug-likeness (QED) is 0.392. The number of fused-ring (bicyclic) bond motifs is 1. The van der Waals surface area contributed by atoms with Crippen molar-refractivity contribution in [1.29, 1.82) is 0 Å². The van der Waals surface area contributed by atoms with Gasteiger partial charge in [0.2, 0.25) is 5.91 Å². The molecular weight excluding hydrogens is 433 g/mol. The van der Waals surface area contributed by atoms with E-state index >= 15 is 0 Å². The Bertz CT molecular complexity index is 1310. The van der Waals surface area contributed by atoms with Crippen molar-refractivity contribution in [2.45, 2.75) is 0 Å². The van der Waals surface area contributed by atoms with Crippen molar-refractivity contribution in [2.75, 3.05) is 17.7 Å². The predicted molar refractivity (Wildman–Crippen MR) is 123 cm³/mol. The van der Waals surface area contributed by atoms with Crippen molar-refractivity contribution in [3.05, 3.63) is 83.7 Å². The topological polar surface area (TPSA) is 89.0 Å². The molecule has 2 N–H and O–H groups in total. The van der Waals surface area contributed by atoms with Crippen LogP contribution in [-0.2, 0) is 4.79 Å². The van der Waals surface area contributed by atoms with Crippen molar-refractivity contribution in [3.8, 4) is 5.75 Å². The number of nitrogens with one attached hydrogen (secondary N) is 2. The van der Waals surface area contributed by atoms with Gasteiger partial charge in [0.15, 0.2) is 0 Å². The summed E-state index contributed by atoms with van der Waals surface area (Å²) in [5.41, 5.74) is 2.24. The van der Waals surface area contributed by atoms with Gasteiger partial charge in [0.05, 0.1) is 29.0 Å². The number of nitrogens with zero attached hydrogens (tertiary/aromatic N) is 3. The average Bonchev–Trinajstić information content (AvgIpc) is 2.81. The molecule has 0 saturated heterocycles. The number of benzene rings is 2. The largest absolute Gasteiger partial charge is 0.494 e. The number of rotatable bonds is 6. The highest BCUT2D eigenvalue weighted by Gasteiger charge is 2.13. The first-order valence-corrected chi connectivity index (χ1v) is 9.86. The van der Waals surface area contributed by atoms with Crippen LogP contribution in [0.15, 0.2) is 67.1 Å². The molecular formula is C23H17ClFN5O2. The van der Waals surface area contributed by atoms with E-state index < -0.39 is 5.82 Å². The number of pyridine rings is 1. The Balaban J connectivity index is 1.65. The van der Waals surface area contributed by atoms with Crippen molar-refractivity contribution < 1.29 is 13.9 Å². The number of hydrogen-bond acceptors (Lipinski definition) is 6. The summed E-state index contributed by atoms with van der Waals surface area (Å²) in [4.78, 5) is 25.1. The number of hydrogen-bond donors (Lipinski definition) is 2. The van der Waals surface area contributed by atoms with Crippen LogP contribution in [0.1, 0.15) is 5.69 Å². The zero-order valence-corrected chi connectivity index (χ0v) is 17.6. The van der Waals surface area contributed by atoms with Crippen LogP contribution >= 0.6 is 11.6 Å². The van der Waals surface area contributed by atoms with Crippen molar-refractivity contribution in [3.63, 3.8) is 0 Å². The molecule has 0 bridgehead atoms. The molecule has 4 rings (SSSR count). The fraction of sp³-hybridized carbons (Fsp3) is 0.0435. The maximum Gasteiger partial charge on any atom is 0.248 e. The van der Waals surface area contributed by atoms with Crippen molar-refractivity contribution in [2.24, 2.45) is 0 Å². The number of amides is 1. The molecule has 9 heteroatoms. The SMILES string of the molecule is COc1cc2ncnc(Nc3ccc(F)c(Cl)c3)c2cc1NC(=O)/C=C/c1ccccn1. The summed E-state index contributed by atoms with van der Waals surface area (Å²) in [6, 6.07) is 13.1. The molecule has 2 aromatic carbocycles. The molecule has 2 heterocycles. The lowest BCUT2D eigenvalue weighted by atomic mass is 10.1. The standard InChI is InChI=1S/C23H17ClFN5O2/c1-32-21-12-19-16(11-20(21)30-22(31)8-6-14-4-2-3-9-26-14)23(28-13-27-19)29-15-5-7-18(25)17(24)10-15/h2-13H,1H3,(H,30,31)(H,27,28,29)/b8-6+. The van der Waals surface area contributed by atoms with Crippen molar-refractivity contribution >= 4 is 51.7 Å². The van der Waals surface area contributed by atoms with Crippen LogP contribution in [0, 0.1) is 5.82 Å². The molecule has 4 aromatic rings. The van der Waals surface area contributed by atoms with Crippen LogP contribution < -0.4 is 15.4 Å². The lowest BCUT2D eigenvalue weighted by molar-refractivity contribution is -0.111. The van der Waals surface area contributed by atoms with Gasteiger partial charge in [-0.15, -0.1) is 0 Å². The summed E-state index contributed by atoms with van der Waals surface area (Å²) in [7, 11) is 1.50. The summed E-state index contributed by atoms with van der Waals surface area (Å²) in [5, 5.41) is 6.51. The Morgan fingerprint density at radius 3 is 2.75 bits per heavy atom. The molecule has 0 spiro atoms. The Labute approximate surface area is 187 Å². The molecule has 0 radical (unpaired) electrons. The van der Waals surface area contributed by atoms with E-state index in [9.17, 15) is 9.18 Å². The van der Waals surface area contributed by atoms with E-state index in [1.165, 1.54) is 31.6 Å². The van der Waals surface area contributed by atoms with Crippen LogP contribution in [-0.4, -0.2) is 28.0 Å². The van der Waals surface area contributed by atoms with Crippen LogP contribution in [0.4, 0.5) is 21.6 Å². The highest BCUT2D eigenvalue weighted by atomic mass is 35.5. The first-order valence-electron chi connectivity index (χ1n) is 9.48. The first-order chi connectivity index (χ1) is 15.5. The normalized spacial score (nSPS) is 11.0. The number of ether oxygens (including phenoxy) is 1. The van der Waals surface area contributed by atoms with Crippen molar-refractivity contribution in [1.82, 2.24) is 15.0 Å². The van der Waals surface area contributed by atoms with Gasteiger partial charge in [-0.1, -0.05) is 17.7 Å². The molecule has 1 amide bonds. The van der Waals surface area contributed by atoms with Crippen LogP contribution in [0.2, 0.25) is 5.02 Å². The molecule has 0 aliphatic rings. The number of halogens is 2. The Morgan fingerprint density at radius 2 is 2.00 bits per heavy atom. The fourth-order valence-corrected chi connectivity index (χ4v) is 3.15. The zero-order chi connectivity index (χ0) is 22.5. The maximum absolute atomic E-state index is 13.5. The summed E-state index contributed by atoms with van der Waals surface area (Å²) in [6.07, 6.45) is 6.03. The Hall–Kier alpha value is -4.04. The molecule has 0 unspecified atom stereocenters. The monoisotopic (exact) mass is 449 g/mol. The van der Waals surface area contributed by atoms with Crippen LogP contribution in [0.3, 0.4) is 0 Å². The average molecular weight is 450 g/mol. The van der Waals surface area contributed by atoms with E-state index in [1.54, 1.807) is 42.6 Å². The fourth-order valence-electron chi connectivity index (χ4n) is 2.97. The minimum Gasteiger partial charge on any atom is -0.494 e. The molecule has 2 aromatic heterocycles. The second-order valence-corrected chi connectivity index (χ2v) is 7.03. The highest BCUT2D eigenvalue weighted by Crippen LogP contribution is 2.33. The lowest BCUT2D eigenvalue weighted by Crippen LogP contribution is -2.09. The third-order valence-electron chi connectivity index (χ3n) is 4.49. The summed E-state index contributed by atoms with van der Waals surface area (Å²) < 4.78 is 18.9. The van der Waals surface area contributed by atoms with Gasteiger partial charge < -0.3 is 15.4 Å². The molecule has 0 aliphatic carbocycles. The number of methoxy groups -OCH3 is 1. The van der Waals surface area contributed by atoms with Gasteiger partial charge in [-0.25, -0.2) is 14.4 Å². The van der Waals surface area contributed by atoms with Gasteiger partial charge >= 0.3 is 0 Å². The van der Waals surface area contributed by atoms with Gasteiger partial charge in [-0.3, -0.25) is 9.78 Å². The minimum atomic E-state index is -0.516. The third-order valence-corrected chi connectivity index (χ3v) is 4.78. The Kier molecular flexibility index (Phi) is 6.23. The lowest BCUT2D eigenvalue weighted by Gasteiger charge is -2.13. The molecule has 7 nitrogen and oxygen atoms in total. The van der Waals surface area contributed by atoms with Gasteiger partial charge in [-0.2, -0.15) is 0 Å². The summed E-state index contributed by atoms with van der Waals surface area (Å²) in [5.74, 6) is 0.0228. The molecule has 32 heavy (non-hydrogen) atoms. The summed E-state index contributed by atoms with van der Waals surface area (Å²) >= 11 is 5.87. The van der Waals surface area contributed by atoms with Crippen LogP contribution in [0.5, 0.6) is 5.75 Å². The summed E-state index contributed by atoms with van der Waals surface area (Å²) in [6.45, 7) is 0. The second-order valence-electron chi connectivity index (χ2n) is 6.62. The van der Waals surface area contributed by atoms with E-state index in [2.05, 4.69) is 25.6 Å². The number of carbonyl (C=O) groups excluding carboxylic acids is 1. The van der Waals surface area contributed by atoms with E-state index in [0.29, 0.717) is 39.5 Å². The molecule has 0 saturated carbocycles. The molecule has 0 atom stereocenters. The van der Waals surface area contributed by atoms with Gasteiger partial charge in [0, 0.05) is 29.4 Å². The van der Waals surface area contributed by atoms with E-state index in [1.807, 2.05) is 6.07 Å². The van der Waals surface area contributed by atoms with Gasteiger partial charge in [0.25, 0.3) is 0 Å². The zero-order valence-electron chi connectivity index (χ0n) is 16.8. The maximum atomic E-state index is 13.5. The van der Waals surface area contributed by atoms with E-state index in [-0.39, 0.29) is 10.9 Å². The van der Waals surface area contributed by atoms with Crippen LogP contribution in [0.25, 0.3) is 17.0 Å². The van der Waals surface area contributed by atoms with Gasteiger partial charge in [-0.05, 0) is 42.5 Å². The third kappa shape index (κ3) is 4.81. The smallest absolute Gasteiger partial charge is 0.248 e. The highest BCUT2D eigenvalue weighted by molar-refractivity contribution is 6.31. The number of anilines is 3.